The molecule has 0 aliphatic carbocycles. The van der Waals surface area contributed by atoms with Gasteiger partial charge in [-0.3, -0.25) is 0 Å². The number of sulfonamides is 1. The number of nitrogens with zero attached hydrogens (tertiary/aromatic N) is 1. The van der Waals surface area contributed by atoms with Crippen molar-refractivity contribution in [1.29, 1.82) is 0 Å². The van der Waals surface area contributed by atoms with Gasteiger partial charge < -0.3 is 5.11 Å². The Kier molecular flexibility index (Phi) is 2.99. The Morgan fingerprint density at radius 2 is 2.08 bits per heavy atom. The van der Waals surface area contributed by atoms with Gasteiger partial charge >= 0.3 is 0 Å². The molecule has 0 aromatic rings. The lowest BCUT2D eigenvalue weighted by atomic mass is 9.95. The minimum atomic E-state index is -3.01. The normalized spacial score (nSPS) is 23.6. The number of aliphatic hydroxyl groups excluding tert-OH is 1. The molecule has 78 valence electrons. The Bertz CT molecular complexity index is 271. The van der Waals surface area contributed by atoms with Gasteiger partial charge in [0.05, 0.1) is 5.75 Å². The Morgan fingerprint density at radius 1 is 1.46 bits per heavy atom. The third kappa shape index (κ3) is 2.65. The fourth-order valence-electron chi connectivity index (χ4n) is 1.40. The second kappa shape index (κ2) is 3.55. The number of rotatable bonds is 3. The minimum Gasteiger partial charge on any atom is -0.396 e. The fraction of sp³-hybridized carbons (Fsp3) is 1.00. The molecule has 0 aromatic carbocycles. The van der Waals surface area contributed by atoms with Crippen LogP contribution in [0.25, 0.3) is 0 Å². The van der Waals surface area contributed by atoms with E-state index >= 15 is 0 Å². The molecule has 5 heteroatoms. The highest BCUT2D eigenvalue weighted by atomic mass is 32.2. The summed E-state index contributed by atoms with van der Waals surface area (Å²) < 4.78 is 24.3. The molecule has 0 radical (unpaired) electrons. The number of hydrogen-bond acceptors (Lipinski definition) is 3. The first kappa shape index (κ1) is 10.9. The first-order chi connectivity index (χ1) is 5.87. The standard InChI is InChI=1S/C8H17NO3S/c1-8(2,7-10)6-9-4-3-5-13(9,11)12/h10H,3-7H2,1-2H3. The van der Waals surface area contributed by atoms with E-state index in [1.54, 1.807) is 0 Å². The van der Waals surface area contributed by atoms with Gasteiger partial charge in [-0.2, -0.15) is 0 Å². The summed E-state index contributed by atoms with van der Waals surface area (Å²) in [6.07, 6.45) is 0.712. The molecule has 0 spiro atoms. The molecule has 1 aliphatic heterocycles. The predicted octanol–water partition coefficient (Wildman–Crippen LogP) is 0.0404. The molecule has 1 aliphatic rings. The molecule has 1 rings (SSSR count). The molecule has 0 atom stereocenters. The molecule has 0 amide bonds. The van der Waals surface area contributed by atoms with Crippen LogP contribution in [-0.4, -0.2) is 43.3 Å². The summed E-state index contributed by atoms with van der Waals surface area (Å²) in [6.45, 7) is 4.76. The van der Waals surface area contributed by atoms with E-state index in [1.165, 1.54) is 4.31 Å². The summed E-state index contributed by atoms with van der Waals surface area (Å²) in [6, 6.07) is 0. The third-order valence-corrected chi connectivity index (χ3v) is 4.14. The third-order valence-electron chi connectivity index (χ3n) is 2.24. The highest BCUT2D eigenvalue weighted by molar-refractivity contribution is 7.89. The van der Waals surface area contributed by atoms with Crippen LogP contribution in [0.1, 0.15) is 20.3 Å². The Hall–Kier alpha value is -0.130. The predicted molar refractivity (Wildman–Crippen MR) is 50.8 cm³/mol. The van der Waals surface area contributed by atoms with E-state index in [-0.39, 0.29) is 17.8 Å². The van der Waals surface area contributed by atoms with Crippen LogP contribution in [0.4, 0.5) is 0 Å². The molecule has 0 unspecified atom stereocenters. The van der Waals surface area contributed by atoms with Crippen molar-refractivity contribution in [3.8, 4) is 0 Å². The van der Waals surface area contributed by atoms with E-state index in [1.807, 2.05) is 13.8 Å². The van der Waals surface area contributed by atoms with Crippen molar-refractivity contribution < 1.29 is 13.5 Å². The van der Waals surface area contributed by atoms with Gasteiger partial charge in [-0.15, -0.1) is 0 Å². The molecule has 0 aromatic heterocycles. The topological polar surface area (TPSA) is 57.6 Å². The lowest BCUT2D eigenvalue weighted by Gasteiger charge is -2.26. The smallest absolute Gasteiger partial charge is 0.214 e. The summed E-state index contributed by atoms with van der Waals surface area (Å²) in [4.78, 5) is 0. The van der Waals surface area contributed by atoms with Crippen molar-refractivity contribution in [2.75, 3.05) is 25.4 Å². The zero-order valence-electron chi connectivity index (χ0n) is 8.15. The van der Waals surface area contributed by atoms with Crippen LogP contribution in [0, 0.1) is 5.41 Å². The van der Waals surface area contributed by atoms with Gasteiger partial charge in [0, 0.05) is 25.1 Å². The van der Waals surface area contributed by atoms with E-state index in [2.05, 4.69) is 0 Å². The molecule has 1 saturated heterocycles. The van der Waals surface area contributed by atoms with Crippen LogP contribution in [0.15, 0.2) is 0 Å². The highest BCUT2D eigenvalue weighted by Gasteiger charge is 2.32. The first-order valence-corrected chi connectivity index (χ1v) is 6.07. The Balaban J connectivity index is 2.65. The monoisotopic (exact) mass is 207 g/mol. The minimum absolute atomic E-state index is 0.0129. The first-order valence-electron chi connectivity index (χ1n) is 4.46. The molecular formula is C8H17NO3S. The number of aliphatic hydroxyl groups is 1. The lowest BCUT2D eigenvalue weighted by molar-refractivity contribution is 0.136. The van der Waals surface area contributed by atoms with Crippen molar-refractivity contribution in [1.82, 2.24) is 4.31 Å². The van der Waals surface area contributed by atoms with Crippen molar-refractivity contribution in [3.63, 3.8) is 0 Å². The quantitative estimate of drug-likeness (QED) is 0.711. The second-order valence-electron chi connectivity index (χ2n) is 4.33. The average molecular weight is 207 g/mol. The van der Waals surface area contributed by atoms with E-state index < -0.39 is 10.0 Å². The molecule has 1 heterocycles. The largest absolute Gasteiger partial charge is 0.396 e. The van der Waals surface area contributed by atoms with Crippen LogP contribution < -0.4 is 0 Å². The summed E-state index contributed by atoms with van der Waals surface area (Å²) in [5.41, 5.74) is -0.336. The van der Waals surface area contributed by atoms with Crippen LogP contribution in [0.3, 0.4) is 0 Å². The van der Waals surface area contributed by atoms with Crippen molar-refractivity contribution in [2.24, 2.45) is 5.41 Å². The second-order valence-corrected chi connectivity index (χ2v) is 6.41. The summed E-state index contributed by atoms with van der Waals surface area (Å²) in [7, 11) is -3.01. The summed E-state index contributed by atoms with van der Waals surface area (Å²) in [5, 5.41) is 9.00. The van der Waals surface area contributed by atoms with Gasteiger partial charge in [0.1, 0.15) is 0 Å². The van der Waals surface area contributed by atoms with Crippen LogP contribution >= 0.6 is 0 Å². The lowest BCUT2D eigenvalue weighted by Crippen LogP contribution is -2.37. The van der Waals surface area contributed by atoms with Crippen LogP contribution in [0.2, 0.25) is 0 Å². The van der Waals surface area contributed by atoms with Gasteiger partial charge in [0.25, 0.3) is 0 Å². The van der Waals surface area contributed by atoms with E-state index in [0.717, 1.165) is 0 Å². The van der Waals surface area contributed by atoms with Crippen molar-refractivity contribution in [3.05, 3.63) is 0 Å². The number of hydrogen-bond donors (Lipinski definition) is 1. The molecule has 0 saturated carbocycles. The average Bonchev–Trinajstić information content (AvgIpc) is 2.31. The van der Waals surface area contributed by atoms with E-state index in [4.69, 9.17) is 5.11 Å². The van der Waals surface area contributed by atoms with Gasteiger partial charge in [-0.05, 0) is 6.42 Å². The van der Waals surface area contributed by atoms with Crippen LogP contribution in [-0.2, 0) is 10.0 Å². The van der Waals surface area contributed by atoms with Crippen molar-refractivity contribution >= 4 is 10.0 Å². The highest BCUT2D eigenvalue weighted by Crippen LogP contribution is 2.21. The van der Waals surface area contributed by atoms with E-state index in [9.17, 15) is 8.42 Å². The zero-order chi connectivity index (χ0) is 10.1. The molecule has 4 nitrogen and oxygen atoms in total. The Labute approximate surface area is 79.6 Å². The summed E-state index contributed by atoms with van der Waals surface area (Å²) in [5.74, 6) is 0.258. The molecule has 1 fully saturated rings. The van der Waals surface area contributed by atoms with Crippen molar-refractivity contribution in [2.45, 2.75) is 20.3 Å². The van der Waals surface area contributed by atoms with Gasteiger partial charge in [0.15, 0.2) is 0 Å². The summed E-state index contributed by atoms with van der Waals surface area (Å²) >= 11 is 0. The SMILES string of the molecule is CC(C)(CO)CN1CCCS1(=O)=O. The fourth-order valence-corrected chi connectivity index (χ4v) is 3.10. The molecule has 0 bridgehead atoms. The maximum atomic E-state index is 11.4. The maximum Gasteiger partial charge on any atom is 0.214 e. The van der Waals surface area contributed by atoms with Gasteiger partial charge in [0.2, 0.25) is 10.0 Å². The van der Waals surface area contributed by atoms with Gasteiger partial charge in [-0.25, -0.2) is 12.7 Å². The zero-order valence-corrected chi connectivity index (χ0v) is 8.97. The molecule has 1 N–H and O–H groups in total. The van der Waals surface area contributed by atoms with Crippen LogP contribution in [0.5, 0.6) is 0 Å². The molecule has 13 heavy (non-hydrogen) atoms. The Morgan fingerprint density at radius 3 is 2.46 bits per heavy atom. The maximum absolute atomic E-state index is 11.4. The van der Waals surface area contributed by atoms with Gasteiger partial charge in [-0.1, -0.05) is 13.8 Å². The van der Waals surface area contributed by atoms with E-state index in [0.29, 0.717) is 19.5 Å². The molecular weight excluding hydrogens is 190 g/mol.